The van der Waals surface area contributed by atoms with Crippen LogP contribution in [0, 0.1) is 11.8 Å². The molecule has 1 aliphatic heterocycles. The maximum Gasteiger partial charge on any atom is 0.0312 e. The van der Waals surface area contributed by atoms with Gasteiger partial charge in [0.25, 0.3) is 0 Å². The summed E-state index contributed by atoms with van der Waals surface area (Å²) in [5, 5.41) is 3.76. The molecule has 3 heteroatoms. The molecule has 1 fully saturated rings. The Bertz CT molecular complexity index is 402. The van der Waals surface area contributed by atoms with Gasteiger partial charge in [0, 0.05) is 44.1 Å². The minimum atomic E-state index is 0.630. The van der Waals surface area contributed by atoms with E-state index in [4.69, 9.17) is 0 Å². The third-order valence-electron chi connectivity index (χ3n) is 4.22. The Morgan fingerprint density at radius 3 is 2.62 bits per heavy atom. The second-order valence-electron chi connectivity index (χ2n) is 7.31. The second-order valence-corrected chi connectivity index (χ2v) is 7.31. The number of nitrogens with one attached hydrogen (secondary N) is 1. The largest absolute Gasteiger partial charge is 0.311 e. The lowest BCUT2D eigenvalue weighted by Gasteiger charge is -2.41. The minimum absolute atomic E-state index is 0.630. The van der Waals surface area contributed by atoms with Crippen LogP contribution in [0.3, 0.4) is 0 Å². The molecule has 1 saturated heterocycles. The average Bonchev–Trinajstić information content (AvgIpc) is 2.42. The molecule has 2 heterocycles. The predicted molar refractivity (Wildman–Crippen MR) is 89.1 cm³/mol. The Kier molecular flexibility index (Phi) is 6.19. The molecule has 1 aromatic heterocycles. The van der Waals surface area contributed by atoms with Crippen molar-refractivity contribution < 1.29 is 0 Å². The van der Waals surface area contributed by atoms with Gasteiger partial charge in [0.05, 0.1) is 0 Å². The molecule has 21 heavy (non-hydrogen) atoms. The third-order valence-corrected chi connectivity index (χ3v) is 4.22. The molecule has 0 amide bonds. The predicted octanol–water partition coefficient (Wildman–Crippen LogP) is 3.32. The SMILES string of the molecule is CC(C)CC1CN(Cc2cccnc2)C(CC(C)C)CN1. The van der Waals surface area contributed by atoms with Gasteiger partial charge in [0.1, 0.15) is 0 Å². The maximum absolute atomic E-state index is 4.26. The first-order valence-electron chi connectivity index (χ1n) is 8.41. The summed E-state index contributed by atoms with van der Waals surface area (Å²) in [6.07, 6.45) is 6.39. The van der Waals surface area contributed by atoms with Crippen LogP contribution in [-0.4, -0.2) is 35.1 Å². The van der Waals surface area contributed by atoms with Gasteiger partial charge in [-0.05, 0) is 36.3 Å². The summed E-state index contributed by atoms with van der Waals surface area (Å²) in [7, 11) is 0. The Balaban J connectivity index is 2.01. The van der Waals surface area contributed by atoms with Gasteiger partial charge < -0.3 is 5.32 Å². The van der Waals surface area contributed by atoms with Gasteiger partial charge in [-0.25, -0.2) is 0 Å². The molecule has 2 unspecified atom stereocenters. The van der Waals surface area contributed by atoms with Crippen LogP contribution in [0.4, 0.5) is 0 Å². The summed E-state index contributed by atoms with van der Waals surface area (Å²) in [5.41, 5.74) is 1.33. The van der Waals surface area contributed by atoms with Gasteiger partial charge in [-0.1, -0.05) is 33.8 Å². The van der Waals surface area contributed by atoms with E-state index in [0.717, 1.165) is 31.5 Å². The van der Waals surface area contributed by atoms with E-state index in [1.807, 2.05) is 18.5 Å². The lowest BCUT2D eigenvalue weighted by molar-refractivity contribution is 0.0996. The normalized spacial score (nSPS) is 23.9. The van der Waals surface area contributed by atoms with Crippen LogP contribution >= 0.6 is 0 Å². The van der Waals surface area contributed by atoms with E-state index in [2.05, 4.69) is 49.0 Å². The van der Waals surface area contributed by atoms with Crippen molar-refractivity contribution in [2.45, 2.75) is 59.2 Å². The molecule has 2 atom stereocenters. The highest BCUT2D eigenvalue weighted by molar-refractivity contribution is 5.09. The Morgan fingerprint density at radius 2 is 2.00 bits per heavy atom. The lowest BCUT2D eigenvalue weighted by atomic mass is 9.95. The Hall–Kier alpha value is -0.930. The molecule has 118 valence electrons. The first kappa shape index (κ1) is 16.4. The summed E-state index contributed by atoms with van der Waals surface area (Å²) < 4.78 is 0. The van der Waals surface area contributed by atoms with Gasteiger partial charge in [-0.3, -0.25) is 9.88 Å². The minimum Gasteiger partial charge on any atom is -0.311 e. The Labute approximate surface area is 130 Å². The van der Waals surface area contributed by atoms with Gasteiger partial charge in [-0.15, -0.1) is 0 Å². The summed E-state index contributed by atoms with van der Waals surface area (Å²) in [6.45, 7) is 12.6. The van der Waals surface area contributed by atoms with Gasteiger partial charge in [-0.2, -0.15) is 0 Å². The van der Waals surface area contributed by atoms with Crippen LogP contribution in [0.25, 0.3) is 0 Å². The monoisotopic (exact) mass is 289 g/mol. The first-order valence-corrected chi connectivity index (χ1v) is 8.41. The van der Waals surface area contributed by atoms with Crippen molar-refractivity contribution in [3.63, 3.8) is 0 Å². The highest BCUT2D eigenvalue weighted by Gasteiger charge is 2.28. The van der Waals surface area contributed by atoms with Gasteiger partial charge in [0.2, 0.25) is 0 Å². The van der Waals surface area contributed by atoms with Crippen molar-refractivity contribution in [2.24, 2.45) is 11.8 Å². The zero-order chi connectivity index (χ0) is 15.2. The molecule has 0 bridgehead atoms. The number of rotatable bonds is 6. The van der Waals surface area contributed by atoms with Crippen molar-refractivity contribution in [2.75, 3.05) is 13.1 Å². The quantitative estimate of drug-likeness (QED) is 0.871. The molecular weight excluding hydrogens is 258 g/mol. The van der Waals surface area contributed by atoms with E-state index in [1.54, 1.807) is 0 Å². The first-order chi connectivity index (χ1) is 10.0. The van der Waals surface area contributed by atoms with E-state index in [9.17, 15) is 0 Å². The topological polar surface area (TPSA) is 28.2 Å². The second kappa shape index (κ2) is 7.90. The van der Waals surface area contributed by atoms with E-state index in [-0.39, 0.29) is 0 Å². The smallest absolute Gasteiger partial charge is 0.0312 e. The van der Waals surface area contributed by atoms with Crippen LogP contribution in [-0.2, 0) is 6.54 Å². The third kappa shape index (κ3) is 5.40. The summed E-state index contributed by atoms with van der Waals surface area (Å²) >= 11 is 0. The fourth-order valence-corrected chi connectivity index (χ4v) is 3.35. The summed E-state index contributed by atoms with van der Waals surface area (Å²) in [6, 6.07) is 5.51. The molecule has 0 aromatic carbocycles. The molecular formula is C18H31N3. The molecule has 0 saturated carbocycles. The lowest BCUT2D eigenvalue weighted by Crippen LogP contribution is -2.56. The molecule has 1 N–H and O–H groups in total. The molecule has 0 aliphatic carbocycles. The maximum atomic E-state index is 4.26. The van der Waals surface area contributed by atoms with Crippen LogP contribution in [0.2, 0.25) is 0 Å². The highest BCUT2D eigenvalue weighted by Crippen LogP contribution is 2.20. The van der Waals surface area contributed by atoms with Crippen LogP contribution in [0.5, 0.6) is 0 Å². The van der Waals surface area contributed by atoms with E-state index < -0.39 is 0 Å². The van der Waals surface area contributed by atoms with Crippen LogP contribution in [0.15, 0.2) is 24.5 Å². The zero-order valence-electron chi connectivity index (χ0n) is 14.0. The van der Waals surface area contributed by atoms with Crippen molar-refractivity contribution in [1.82, 2.24) is 15.2 Å². The molecule has 0 spiro atoms. The van der Waals surface area contributed by atoms with Crippen molar-refractivity contribution in [1.29, 1.82) is 0 Å². The number of hydrogen-bond acceptors (Lipinski definition) is 3. The van der Waals surface area contributed by atoms with Crippen molar-refractivity contribution in [3.8, 4) is 0 Å². The molecule has 3 nitrogen and oxygen atoms in total. The zero-order valence-corrected chi connectivity index (χ0v) is 14.0. The van der Waals surface area contributed by atoms with Crippen molar-refractivity contribution >= 4 is 0 Å². The van der Waals surface area contributed by atoms with Crippen LogP contribution in [0.1, 0.15) is 46.1 Å². The van der Waals surface area contributed by atoms with Gasteiger partial charge in [0.15, 0.2) is 0 Å². The van der Waals surface area contributed by atoms with E-state index in [1.165, 1.54) is 18.4 Å². The van der Waals surface area contributed by atoms with Crippen molar-refractivity contribution in [3.05, 3.63) is 30.1 Å². The molecule has 1 aliphatic rings. The van der Waals surface area contributed by atoms with E-state index in [0.29, 0.717) is 12.1 Å². The van der Waals surface area contributed by atoms with Gasteiger partial charge >= 0.3 is 0 Å². The summed E-state index contributed by atoms with van der Waals surface area (Å²) in [4.78, 5) is 6.93. The standard InChI is InChI=1S/C18H31N3/c1-14(2)8-17-13-21(12-16-6-5-7-19-10-16)18(11-20-17)9-15(3)4/h5-7,10,14-15,17-18,20H,8-9,11-13H2,1-4H3. The average molecular weight is 289 g/mol. The van der Waals surface area contributed by atoms with E-state index >= 15 is 0 Å². The Morgan fingerprint density at radius 1 is 1.24 bits per heavy atom. The number of pyridine rings is 1. The number of piperazine rings is 1. The molecule has 0 radical (unpaired) electrons. The number of hydrogen-bond donors (Lipinski definition) is 1. The molecule has 1 aromatic rings. The fraction of sp³-hybridized carbons (Fsp3) is 0.722. The van der Waals surface area contributed by atoms with Crippen LogP contribution < -0.4 is 5.32 Å². The number of aromatic nitrogens is 1. The number of nitrogens with zero attached hydrogens (tertiary/aromatic N) is 2. The molecule has 2 rings (SSSR count). The highest BCUT2D eigenvalue weighted by atomic mass is 15.2. The summed E-state index contributed by atoms with van der Waals surface area (Å²) in [5.74, 6) is 1.50. The fourth-order valence-electron chi connectivity index (χ4n) is 3.35.